The average Bonchev–Trinajstić information content (AvgIpc) is 2.05. The highest BCUT2D eigenvalue weighted by Gasteiger charge is 1.88. The van der Waals surface area contributed by atoms with E-state index in [2.05, 4.69) is 25.3 Å². The van der Waals surface area contributed by atoms with Gasteiger partial charge in [-0.15, -0.1) is 0 Å². The lowest BCUT2D eigenvalue weighted by Crippen LogP contribution is -1.93. The highest BCUT2D eigenvalue weighted by Crippen LogP contribution is 1.80. The van der Waals surface area contributed by atoms with Crippen molar-refractivity contribution in [1.29, 1.82) is 0 Å². The Kier molecular flexibility index (Phi) is 26.5. The second kappa shape index (κ2) is 19.5. The molecule has 0 fully saturated rings. The normalized spacial score (nSPS) is 7.73. The minimum Gasteiger partial charge on any atom is -0.481 e. The first-order valence-corrected chi connectivity index (χ1v) is 6.23. The summed E-state index contributed by atoms with van der Waals surface area (Å²) in [4.78, 5) is 19.1. The highest BCUT2D eigenvalue weighted by molar-refractivity contribution is 7.93. The fourth-order valence-corrected chi connectivity index (χ4v) is 0.574. The van der Waals surface area contributed by atoms with E-state index in [0.717, 1.165) is 12.0 Å². The number of hydrogen-bond donors (Lipinski definition) is 5. The van der Waals surface area contributed by atoms with Gasteiger partial charge in [-0.1, -0.05) is 0 Å². The molecule has 3 N–H and O–H groups in total. The maximum Gasteiger partial charge on any atom is 0.304 e. The molecule has 15 heavy (non-hydrogen) atoms. The molecule has 0 aliphatic heterocycles. The van der Waals surface area contributed by atoms with Gasteiger partial charge in [0.1, 0.15) is 0 Å². The summed E-state index contributed by atoms with van der Waals surface area (Å²) in [6.07, 6.45) is 1.91. The first-order valence-electron chi connectivity index (χ1n) is 3.79. The summed E-state index contributed by atoms with van der Waals surface area (Å²) in [6.45, 7) is 0. The molecule has 0 bridgehead atoms. The van der Waals surface area contributed by atoms with E-state index in [-0.39, 0.29) is 12.8 Å². The lowest BCUT2D eigenvalue weighted by Gasteiger charge is -1.79. The van der Waals surface area contributed by atoms with E-state index in [1.54, 1.807) is 6.26 Å². The Hall–Kier alpha value is -0.0500. The average molecular weight is 276 g/mol. The van der Waals surface area contributed by atoms with Gasteiger partial charge in [0.25, 0.3) is 0 Å². The van der Waals surface area contributed by atoms with Crippen molar-refractivity contribution in [3.63, 3.8) is 0 Å². The third-order valence-electron chi connectivity index (χ3n) is 0.651. The van der Waals surface area contributed by atoms with Crippen LogP contribution in [0.1, 0.15) is 12.8 Å². The zero-order valence-electron chi connectivity index (χ0n) is 8.29. The maximum absolute atomic E-state index is 9.55. The van der Waals surface area contributed by atoms with Crippen molar-refractivity contribution in [1.82, 2.24) is 0 Å². The van der Waals surface area contributed by atoms with E-state index in [1.165, 1.54) is 0 Å². The molecule has 0 saturated carbocycles. The van der Waals surface area contributed by atoms with Crippen molar-refractivity contribution in [3.05, 3.63) is 0 Å². The van der Waals surface area contributed by atoms with Crippen molar-refractivity contribution < 1.29 is 24.4 Å². The Morgan fingerprint density at radius 2 is 1.27 bits per heavy atom. The van der Waals surface area contributed by atoms with Crippen LogP contribution in [0.5, 0.6) is 0 Å². The van der Waals surface area contributed by atoms with Gasteiger partial charge in [0.2, 0.25) is 0 Å². The van der Waals surface area contributed by atoms with Gasteiger partial charge in [0.15, 0.2) is 0 Å². The number of carbonyl (C=O) groups is 2. The third-order valence-corrected chi connectivity index (χ3v) is 1.10. The molecular weight excluding hydrogens is 260 g/mol. The largest absolute Gasteiger partial charge is 0.481 e. The van der Waals surface area contributed by atoms with Crippen LogP contribution in [0.25, 0.3) is 0 Å². The van der Waals surface area contributed by atoms with E-state index in [4.69, 9.17) is 14.8 Å². The lowest BCUT2D eigenvalue weighted by molar-refractivity contribution is -0.137. The van der Waals surface area contributed by atoms with Gasteiger partial charge < -0.3 is 14.8 Å². The molecule has 0 aromatic rings. The Bertz CT molecular complexity index is 138. The quantitative estimate of drug-likeness (QED) is 0.395. The van der Waals surface area contributed by atoms with Crippen molar-refractivity contribution in [3.8, 4) is 0 Å². The molecule has 0 unspecified atom stereocenters. The topological polar surface area (TPSA) is 94.8 Å². The zero-order valence-corrected chi connectivity index (χ0v) is 10.9. The van der Waals surface area contributed by atoms with Crippen LogP contribution in [0.3, 0.4) is 0 Å². The van der Waals surface area contributed by atoms with Gasteiger partial charge in [-0.2, -0.15) is 25.3 Å². The summed E-state index contributed by atoms with van der Waals surface area (Å²) in [6, 6.07) is 0. The Balaban J connectivity index is -0.000000153. The molecule has 0 aromatic carbocycles. The third kappa shape index (κ3) is 56.3. The van der Waals surface area contributed by atoms with Crippen molar-refractivity contribution in [2.45, 2.75) is 12.8 Å². The second-order valence-electron chi connectivity index (χ2n) is 1.92. The number of carboxylic acid groups (broad SMARTS) is 2. The van der Waals surface area contributed by atoms with Crippen molar-refractivity contribution in [2.24, 2.45) is 0 Å². The van der Waals surface area contributed by atoms with Crippen molar-refractivity contribution >= 4 is 49.2 Å². The SMILES string of the molecule is CSO.O=C(O)CCS.O=C(O)CCS. The van der Waals surface area contributed by atoms with Gasteiger partial charge >= 0.3 is 11.9 Å². The maximum atomic E-state index is 9.55. The van der Waals surface area contributed by atoms with E-state index in [0.29, 0.717) is 11.5 Å². The Labute approximate surface area is 104 Å². The van der Waals surface area contributed by atoms with E-state index in [1.807, 2.05) is 0 Å². The van der Waals surface area contributed by atoms with Crippen LogP contribution in [0.4, 0.5) is 0 Å². The molecule has 0 rings (SSSR count). The lowest BCUT2D eigenvalue weighted by atomic mass is 10.5. The molecule has 0 saturated heterocycles. The number of rotatable bonds is 4. The number of thiol groups is 2. The molecule has 0 radical (unpaired) electrons. The molecule has 0 heterocycles. The van der Waals surface area contributed by atoms with Gasteiger partial charge in [-0.3, -0.25) is 9.59 Å². The number of carboxylic acids is 2. The molecule has 0 aliphatic carbocycles. The smallest absolute Gasteiger partial charge is 0.304 e. The van der Waals surface area contributed by atoms with Crippen LogP contribution in [0, 0.1) is 0 Å². The Morgan fingerprint density at radius 3 is 1.27 bits per heavy atom. The van der Waals surface area contributed by atoms with E-state index >= 15 is 0 Å². The minimum absolute atomic E-state index is 0.156. The fraction of sp³-hybridized carbons (Fsp3) is 0.714. The van der Waals surface area contributed by atoms with E-state index < -0.39 is 11.9 Å². The second-order valence-corrected chi connectivity index (χ2v) is 3.18. The first kappa shape index (κ1) is 20.4. The summed E-state index contributed by atoms with van der Waals surface area (Å²) >= 11 is 8.11. The van der Waals surface area contributed by atoms with Crippen LogP contribution in [-0.2, 0) is 9.59 Å². The van der Waals surface area contributed by atoms with Crippen LogP contribution in [0.2, 0.25) is 0 Å². The van der Waals surface area contributed by atoms with Gasteiger partial charge in [-0.05, 0) is 12.0 Å². The van der Waals surface area contributed by atoms with Crippen LogP contribution in [-0.4, -0.2) is 44.5 Å². The first-order chi connectivity index (χ1) is 6.95. The molecule has 0 spiro atoms. The van der Waals surface area contributed by atoms with Crippen LogP contribution in [0.15, 0.2) is 0 Å². The molecule has 92 valence electrons. The predicted molar refractivity (Wildman–Crippen MR) is 68.4 cm³/mol. The summed E-state index contributed by atoms with van der Waals surface area (Å²) in [5, 5.41) is 15.7. The Morgan fingerprint density at radius 1 is 1.07 bits per heavy atom. The molecular formula is C7H16O5S3. The molecule has 0 amide bonds. The van der Waals surface area contributed by atoms with Gasteiger partial charge in [-0.25, -0.2) is 0 Å². The molecule has 0 aromatic heterocycles. The predicted octanol–water partition coefficient (Wildman–Crippen LogP) is 1.60. The zero-order chi connectivity index (χ0) is 12.7. The molecule has 5 nitrogen and oxygen atoms in total. The summed E-state index contributed by atoms with van der Waals surface area (Å²) < 4.78 is 7.49. The van der Waals surface area contributed by atoms with Crippen molar-refractivity contribution in [2.75, 3.05) is 17.8 Å². The molecule has 8 heteroatoms. The summed E-state index contributed by atoms with van der Waals surface area (Å²) in [5.74, 6) is -0.722. The summed E-state index contributed by atoms with van der Waals surface area (Å²) in [7, 11) is 0. The number of hydrogen-bond acceptors (Lipinski definition) is 6. The van der Waals surface area contributed by atoms with Crippen LogP contribution < -0.4 is 0 Å². The monoisotopic (exact) mass is 276 g/mol. The highest BCUT2D eigenvalue weighted by atomic mass is 32.2. The van der Waals surface area contributed by atoms with Crippen LogP contribution >= 0.6 is 37.3 Å². The summed E-state index contributed by atoms with van der Waals surface area (Å²) in [5.41, 5.74) is 0. The fourth-order valence-electron chi connectivity index (χ4n) is 0.191. The molecule has 0 atom stereocenters. The van der Waals surface area contributed by atoms with E-state index in [9.17, 15) is 9.59 Å². The number of aliphatic carboxylic acids is 2. The standard InChI is InChI=1S/2C3H6O2S.CH4OS/c2*4-3(5)1-2-6;1-3-2/h2*6H,1-2H2,(H,4,5);2H,1H3. The van der Waals surface area contributed by atoms with Gasteiger partial charge in [0.05, 0.1) is 12.8 Å². The van der Waals surface area contributed by atoms with Gasteiger partial charge in [0, 0.05) is 17.8 Å². The minimum atomic E-state index is -0.787. The molecule has 0 aliphatic rings.